The molecular formula is C25H32N2O5. The molecule has 1 aliphatic carbocycles. The highest BCUT2D eigenvalue weighted by Crippen LogP contribution is 2.31. The summed E-state index contributed by atoms with van der Waals surface area (Å²) in [4.78, 5) is 27.8. The van der Waals surface area contributed by atoms with E-state index < -0.39 is 5.97 Å². The Morgan fingerprint density at radius 2 is 1.25 bits per heavy atom. The van der Waals surface area contributed by atoms with E-state index in [9.17, 15) is 24.9 Å². The molecule has 0 spiro atoms. The highest BCUT2D eigenvalue weighted by Gasteiger charge is 2.36. The Hall–Kier alpha value is -2.90. The summed E-state index contributed by atoms with van der Waals surface area (Å²) >= 11 is 0. The van der Waals surface area contributed by atoms with Gasteiger partial charge in [-0.3, -0.25) is 19.4 Å². The number of carbonyl (C=O) groups is 2. The summed E-state index contributed by atoms with van der Waals surface area (Å²) in [6.45, 7) is 2.34. The van der Waals surface area contributed by atoms with Crippen molar-refractivity contribution in [3.63, 3.8) is 0 Å². The van der Waals surface area contributed by atoms with Gasteiger partial charge < -0.3 is 15.3 Å². The zero-order valence-electron chi connectivity index (χ0n) is 18.5. The van der Waals surface area contributed by atoms with Crippen molar-refractivity contribution in [3.8, 4) is 11.5 Å². The topological polar surface area (TPSA) is 101 Å². The van der Waals surface area contributed by atoms with Crippen molar-refractivity contribution in [1.29, 1.82) is 0 Å². The van der Waals surface area contributed by atoms with E-state index in [1.54, 1.807) is 37.3 Å². The third-order valence-electron chi connectivity index (χ3n) is 6.13. The van der Waals surface area contributed by atoms with Crippen LogP contribution in [0.25, 0.3) is 0 Å². The molecule has 1 aliphatic rings. The average Bonchev–Trinajstić information content (AvgIpc) is 2.75. The van der Waals surface area contributed by atoms with Gasteiger partial charge in [0.2, 0.25) is 0 Å². The van der Waals surface area contributed by atoms with Gasteiger partial charge in [0, 0.05) is 36.3 Å². The van der Waals surface area contributed by atoms with Crippen molar-refractivity contribution in [2.75, 3.05) is 13.1 Å². The lowest BCUT2D eigenvalue weighted by Gasteiger charge is -2.44. The highest BCUT2D eigenvalue weighted by molar-refractivity contribution is 5.77. The van der Waals surface area contributed by atoms with Gasteiger partial charge in [-0.2, -0.15) is 0 Å². The molecule has 2 aromatic rings. The molecule has 2 aromatic carbocycles. The molecule has 0 bridgehead atoms. The molecular weight excluding hydrogens is 408 g/mol. The number of phenols is 2. The molecule has 7 heteroatoms. The second-order valence-corrected chi connectivity index (χ2v) is 8.58. The molecule has 0 aromatic heterocycles. The summed E-state index contributed by atoms with van der Waals surface area (Å²) < 4.78 is 0. The number of benzene rings is 2. The number of aliphatic carboxylic acids is 1. The smallest absolute Gasteiger partial charge is 0.317 e. The van der Waals surface area contributed by atoms with Crippen LogP contribution in [0.3, 0.4) is 0 Å². The van der Waals surface area contributed by atoms with Crippen LogP contribution in [0.15, 0.2) is 48.5 Å². The van der Waals surface area contributed by atoms with Crippen molar-refractivity contribution in [1.82, 2.24) is 9.80 Å². The first-order chi connectivity index (χ1) is 15.3. The number of aromatic hydroxyl groups is 2. The minimum absolute atomic E-state index is 0.0234. The van der Waals surface area contributed by atoms with E-state index in [2.05, 4.69) is 4.90 Å². The lowest BCUT2D eigenvalue weighted by molar-refractivity contribution is -0.140. The molecule has 1 saturated carbocycles. The number of rotatable bonds is 10. The molecule has 2 unspecified atom stereocenters. The van der Waals surface area contributed by atoms with Gasteiger partial charge in [-0.15, -0.1) is 0 Å². The molecule has 32 heavy (non-hydrogen) atoms. The van der Waals surface area contributed by atoms with E-state index >= 15 is 0 Å². The van der Waals surface area contributed by atoms with Crippen LogP contribution >= 0.6 is 0 Å². The van der Waals surface area contributed by atoms with Gasteiger partial charge >= 0.3 is 5.97 Å². The van der Waals surface area contributed by atoms with Gasteiger partial charge in [0.1, 0.15) is 17.3 Å². The number of nitrogens with zero attached hydrogens (tertiary/aromatic N) is 2. The summed E-state index contributed by atoms with van der Waals surface area (Å²) in [6.07, 6.45) is 3.61. The maximum absolute atomic E-state index is 12.1. The Balaban J connectivity index is 1.91. The number of hydrogen-bond donors (Lipinski definition) is 3. The number of phenolic OH excluding ortho intramolecular Hbond substituents is 2. The minimum atomic E-state index is -0.927. The predicted octanol–water partition coefficient (Wildman–Crippen LogP) is 3.39. The fourth-order valence-electron chi connectivity index (χ4n) is 4.71. The summed E-state index contributed by atoms with van der Waals surface area (Å²) in [5, 5.41) is 30.1. The number of Topliss-reactive ketones (excluding diaryl/α,β-unsaturated/α-hetero) is 1. The molecule has 0 radical (unpaired) electrons. The van der Waals surface area contributed by atoms with E-state index in [4.69, 9.17) is 0 Å². The minimum Gasteiger partial charge on any atom is -0.508 e. The van der Waals surface area contributed by atoms with E-state index in [-0.39, 0.29) is 42.5 Å². The van der Waals surface area contributed by atoms with Crippen molar-refractivity contribution >= 4 is 11.8 Å². The first kappa shape index (κ1) is 23.8. The summed E-state index contributed by atoms with van der Waals surface area (Å²) in [5.74, 6) is -0.575. The van der Waals surface area contributed by atoms with Gasteiger partial charge in [0.25, 0.3) is 0 Å². The van der Waals surface area contributed by atoms with Crippen LogP contribution in [-0.2, 0) is 22.7 Å². The Labute approximate surface area is 188 Å². The van der Waals surface area contributed by atoms with E-state index in [0.717, 1.165) is 31.2 Å². The number of carboxylic acids is 1. The van der Waals surface area contributed by atoms with Gasteiger partial charge in [-0.25, -0.2) is 0 Å². The number of carbonyl (C=O) groups excluding carboxylic acids is 1. The number of ketones is 1. The lowest BCUT2D eigenvalue weighted by Crippen LogP contribution is -2.54. The van der Waals surface area contributed by atoms with E-state index in [1.807, 2.05) is 23.1 Å². The summed E-state index contributed by atoms with van der Waals surface area (Å²) in [5.41, 5.74) is 1.42. The Morgan fingerprint density at radius 1 is 0.812 bits per heavy atom. The average molecular weight is 441 g/mol. The third kappa shape index (κ3) is 6.31. The van der Waals surface area contributed by atoms with E-state index in [1.165, 1.54) is 0 Å². The zero-order chi connectivity index (χ0) is 23.1. The second-order valence-electron chi connectivity index (χ2n) is 8.58. The quantitative estimate of drug-likeness (QED) is 0.521. The number of para-hydroxylation sites is 2. The third-order valence-corrected chi connectivity index (χ3v) is 6.13. The van der Waals surface area contributed by atoms with Crippen LogP contribution in [0.1, 0.15) is 43.7 Å². The van der Waals surface area contributed by atoms with Crippen molar-refractivity contribution in [3.05, 3.63) is 59.7 Å². The summed E-state index contributed by atoms with van der Waals surface area (Å²) in [6, 6.07) is 13.9. The SMILES string of the molecule is CC(=O)CN(Cc1ccccc1O)C1CCCCC1N(CC(=O)O)Cc1ccccc1O. The Kier molecular flexibility index (Phi) is 8.25. The van der Waals surface area contributed by atoms with Crippen molar-refractivity contribution in [2.45, 2.75) is 57.8 Å². The summed E-state index contributed by atoms with van der Waals surface area (Å²) in [7, 11) is 0. The molecule has 0 saturated heterocycles. The molecule has 0 aliphatic heterocycles. The molecule has 1 fully saturated rings. The normalized spacial score (nSPS) is 18.7. The van der Waals surface area contributed by atoms with Crippen LogP contribution < -0.4 is 0 Å². The number of hydrogen-bond acceptors (Lipinski definition) is 6. The van der Waals surface area contributed by atoms with Gasteiger partial charge in [0.15, 0.2) is 0 Å². The highest BCUT2D eigenvalue weighted by atomic mass is 16.4. The molecule has 7 nitrogen and oxygen atoms in total. The number of carboxylic acid groups (broad SMARTS) is 1. The van der Waals surface area contributed by atoms with Gasteiger partial charge in [-0.1, -0.05) is 49.2 Å². The first-order valence-electron chi connectivity index (χ1n) is 11.1. The van der Waals surface area contributed by atoms with E-state index in [0.29, 0.717) is 18.7 Å². The Morgan fingerprint density at radius 3 is 1.66 bits per heavy atom. The predicted molar refractivity (Wildman–Crippen MR) is 121 cm³/mol. The van der Waals surface area contributed by atoms with Crippen LogP contribution in [-0.4, -0.2) is 62.0 Å². The molecule has 172 valence electrons. The molecule has 3 N–H and O–H groups in total. The van der Waals surface area contributed by atoms with Crippen LogP contribution in [0.5, 0.6) is 11.5 Å². The maximum atomic E-state index is 12.1. The van der Waals surface area contributed by atoms with Gasteiger partial charge in [0.05, 0.1) is 13.1 Å². The molecule has 3 rings (SSSR count). The standard InChI is InChI=1S/C25H32N2O5/c1-18(28)14-26(15-19-8-2-6-12-23(19)29)21-10-4-5-11-22(21)27(17-25(31)32)16-20-9-3-7-13-24(20)30/h2-3,6-9,12-13,21-22,29-30H,4-5,10-11,14-17H2,1H3,(H,31,32). The maximum Gasteiger partial charge on any atom is 0.317 e. The van der Waals surface area contributed by atoms with Gasteiger partial charge in [-0.05, 0) is 31.9 Å². The monoisotopic (exact) mass is 440 g/mol. The van der Waals surface area contributed by atoms with Crippen LogP contribution in [0, 0.1) is 0 Å². The van der Waals surface area contributed by atoms with Crippen molar-refractivity contribution < 1.29 is 24.9 Å². The molecule has 2 atom stereocenters. The fraction of sp³-hybridized carbons (Fsp3) is 0.440. The molecule has 0 heterocycles. The van der Waals surface area contributed by atoms with Crippen molar-refractivity contribution in [2.24, 2.45) is 0 Å². The second kappa shape index (κ2) is 11.1. The fourth-order valence-corrected chi connectivity index (χ4v) is 4.71. The zero-order valence-corrected chi connectivity index (χ0v) is 18.5. The van der Waals surface area contributed by atoms with Crippen LogP contribution in [0.2, 0.25) is 0 Å². The largest absolute Gasteiger partial charge is 0.508 e. The lowest BCUT2D eigenvalue weighted by atomic mass is 9.87. The molecule has 0 amide bonds. The van der Waals surface area contributed by atoms with Crippen LogP contribution in [0.4, 0.5) is 0 Å². The Bertz CT molecular complexity index is 857. The first-order valence-corrected chi connectivity index (χ1v) is 11.1.